The summed E-state index contributed by atoms with van der Waals surface area (Å²) in [6.07, 6.45) is 6.71. The van der Waals surface area contributed by atoms with Crippen LogP contribution in [-0.4, -0.2) is 60.7 Å². The molecule has 1 saturated carbocycles. The lowest BCUT2D eigenvalue weighted by Gasteiger charge is -2.34. The van der Waals surface area contributed by atoms with E-state index in [1.54, 1.807) is 4.80 Å². The Morgan fingerprint density at radius 2 is 1.28 bits per heavy atom. The maximum absolute atomic E-state index is 14.0. The summed E-state index contributed by atoms with van der Waals surface area (Å²) in [5, 5.41) is 15.0. The number of aliphatic imine (C=N–C) groups is 1. The third-order valence-corrected chi connectivity index (χ3v) is 13.2. The van der Waals surface area contributed by atoms with Crippen LogP contribution in [0.25, 0.3) is 22.5 Å². The van der Waals surface area contributed by atoms with E-state index in [9.17, 15) is 4.79 Å². The van der Waals surface area contributed by atoms with Gasteiger partial charge in [0.2, 0.25) is 5.82 Å². The van der Waals surface area contributed by atoms with Gasteiger partial charge in [0.25, 0.3) is 5.91 Å². The minimum absolute atomic E-state index is 0.166. The molecule has 0 radical (unpaired) electrons. The van der Waals surface area contributed by atoms with Crippen LogP contribution in [0.4, 0.5) is 0 Å². The predicted molar refractivity (Wildman–Crippen MR) is 238 cm³/mol. The maximum atomic E-state index is 14.0. The molecule has 3 heterocycles. The Balaban J connectivity index is 1.13. The number of hydrogen-bond donors (Lipinski definition) is 0. The summed E-state index contributed by atoms with van der Waals surface area (Å²) < 4.78 is 13.1. The van der Waals surface area contributed by atoms with Gasteiger partial charge >= 0.3 is 7.12 Å². The van der Waals surface area contributed by atoms with Crippen molar-refractivity contribution in [3.05, 3.63) is 156 Å². The molecule has 1 amide bonds. The fourth-order valence-corrected chi connectivity index (χ4v) is 9.14. The molecule has 0 bridgehead atoms. The normalized spacial score (nSPS) is 18.1. The van der Waals surface area contributed by atoms with E-state index in [2.05, 4.69) is 144 Å². The van der Waals surface area contributed by atoms with Gasteiger partial charge in [-0.05, 0) is 91.0 Å². The molecule has 3 aliphatic rings. The van der Waals surface area contributed by atoms with E-state index in [1.165, 1.54) is 0 Å². The van der Waals surface area contributed by atoms with Gasteiger partial charge in [0.05, 0.1) is 17.7 Å². The molecule has 6 aromatic rings. The Bertz CT molecular complexity index is 2380. The monoisotopic (exact) mass is 796 g/mol. The summed E-state index contributed by atoms with van der Waals surface area (Å²) in [5.74, 6) is 1.60. The number of rotatable bonds is 12. The highest BCUT2D eigenvalue weighted by atomic mass is 16.7. The zero-order valence-electron chi connectivity index (χ0n) is 35.3. The van der Waals surface area contributed by atoms with E-state index >= 15 is 0 Å². The lowest BCUT2D eigenvalue weighted by molar-refractivity contribution is -0.131. The van der Waals surface area contributed by atoms with Crippen molar-refractivity contribution in [2.24, 2.45) is 4.99 Å². The Morgan fingerprint density at radius 1 is 0.717 bits per heavy atom. The fourth-order valence-electron chi connectivity index (χ4n) is 9.14. The van der Waals surface area contributed by atoms with Crippen molar-refractivity contribution in [1.29, 1.82) is 0 Å². The van der Waals surface area contributed by atoms with E-state index in [0.717, 1.165) is 95.2 Å². The summed E-state index contributed by atoms with van der Waals surface area (Å²) in [6, 6.07) is 45.9. The minimum Gasteiger partial charge on any atom is -0.399 e. The molecule has 304 valence electrons. The molecule has 10 heteroatoms. The van der Waals surface area contributed by atoms with Crippen molar-refractivity contribution >= 4 is 24.3 Å². The van der Waals surface area contributed by atoms with Crippen LogP contribution in [0.15, 0.2) is 138 Å². The van der Waals surface area contributed by atoms with Crippen molar-refractivity contribution in [2.75, 3.05) is 0 Å². The number of aromatic nitrogens is 4. The van der Waals surface area contributed by atoms with Crippen LogP contribution >= 0.6 is 0 Å². The molecule has 9 nitrogen and oxygen atoms in total. The fraction of sp³-hybridized carbons (Fsp3) is 0.340. The standard InChI is InChI=1S/C50H53BN6O3/c1-6-7-25-44-52-49(32-17-18-33-49)46(58)56(44)35-36-26-28-37(29-27-36)43-34-41(51-59-47(2,3)48(4,5)60-51)30-31-42(43)45-53-55-57(54-45)50(38-19-11-8-12-20-38,39-21-13-9-14-22-39)40-23-15-10-16-24-40/h8-16,19-24,26-31,34H,6-7,17-18,25,32-33,35H2,1-5H3. The second-order valence-corrected chi connectivity index (χ2v) is 17.6. The number of amides is 1. The largest absolute Gasteiger partial charge is 0.494 e. The molecular formula is C50H53BN6O3. The molecule has 60 heavy (non-hydrogen) atoms. The summed E-state index contributed by atoms with van der Waals surface area (Å²) in [5.41, 5.74) is 5.24. The molecule has 0 N–H and O–H groups in total. The number of carbonyl (C=O) groups is 1. The maximum Gasteiger partial charge on any atom is 0.494 e. The highest BCUT2D eigenvalue weighted by molar-refractivity contribution is 6.62. The number of unbranched alkanes of at least 4 members (excludes halogenated alkanes) is 1. The predicted octanol–water partition coefficient (Wildman–Crippen LogP) is 9.39. The van der Waals surface area contributed by atoms with Gasteiger partial charge in [-0.1, -0.05) is 160 Å². The van der Waals surface area contributed by atoms with E-state index in [4.69, 9.17) is 29.7 Å². The summed E-state index contributed by atoms with van der Waals surface area (Å²) in [7, 11) is -0.558. The van der Waals surface area contributed by atoms with Crippen molar-refractivity contribution in [2.45, 2.75) is 108 Å². The lowest BCUT2D eigenvalue weighted by Crippen LogP contribution is -2.41. The van der Waals surface area contributed by atoms with Gasteiger partial charge < -0.3 is 9.31 Å². The second-order valence-electron chi connectivity index (χ2n) is 17.6. The molecule has 1 aromatic heterocycles. The van der Waals surface area contributed by atoms with Gasteiger partial charge in [-0.15, -0.1) is 15.0 Å². The average Bonchev–Trinajstić information content (AvgIpc) is 4.05. The Hall–Kier alpha value is -5.71. The SMILES string of the molecule is CCCCC1=NC2(CCCC2)C(=O)N1Cc1ccc(-c2cc(B3OC(C)(C)C(C)(C)O3)ccc2-c2nnn(C(c3ccccc3)(c3ccccc3)c3ccccc3)n2)cc1. The van der Waals surface area contributed by atoms with Crippen LogP contribution in [0.2, 0.25) is 0 Å². The van der Waals surface area contributed by atoms with Gasteiger partial charge in [-0.25, -0.2) is 0 Å². The van der Waals surface area contributed by atoms with Crippen molar-refractivity contribution < 1.29 is 14.1 Å². The molecule has 2 aliphatic heterocycles. The van der Waals surface area contributed by atoms with E-state index < -0.39 is 29.4 Å². The Morgan fingerprint density at radius 3 is 1.83 bits per heavy atom. The average molecular weight is 797 g/mol. The number of nitrogens with zero attached hydrogens (tertiary/aromatic N) is 6. The second kappa shape index (κ2) is 15.7. The summed E-state index contributed by atoms with van der Waals surface area (Å²) in [4.78, 5) is 22.8. The van der Waals surface area contributed by atoms with Gasteiger partial charge in [0.1, 0.15) is 11.4 Å². The molecule has 9 rings (SSSR count). The van der Waals surface area contributed by atoms with Crippen molar-refractivity contribution in [3.63, 3.8) is 0 Å². The first-order valence-corrected chi connectivity index (χ1v) is 21.5. The van der Waals surface area contributed by atoms with Crippen LogP contribution in [0, 0.1) is 0 Å². The smallest absolute Gasteiger partial charge is 0.399 e. The van der Waals surface area contributed by atoms with Crippen LogP contribution in [-0.2, 0) is 26.2 Å². The zero-order chi connectivity index (χ0) is 41.5. The highest BCUT2D eigenvalue weighted by Gasteiger charge is 2.52. The van der Waals surface area contributed by atoms with Gasteiger partial charge in [0.15, 0.2) is 5.54 Å². The van der Waals surface area contributed by atoms with Crippen LogP contribution < -0.4 is 5.46 Å². The third kappa shape index (κ3) is 6.89. The Labute approximate surface area is 354 Å². The van der Waals surface area contributed by atoms with Gasteiger partial charge in [-0.2, -0.15) is 0 Å². The first-order chi connectivity index (χ1) is 29.0. The summed E-state index contributed by atoms with van der Waals surface area (Å²) in [6.45, 7) is 11.0. The Kier molecular flexibility index (Phi) is 10.4. The number of hydrogen-bond acceptors (Lipinski definition) is 7. The van der Waals surface area contributed by atoms with Crippen LogP contribution in [0.5, 0.6) is 0 Å². The lowest BCUT2D eigenvalue weighted by atomic mass is 9.77. The van der Waals surface area contributed by atoms with E-state index in [-0.39, 0.29) is 5.91 Å². The van der Waals surface area contributed by atoms with E-state index in [0.29, 0.717) is 12.4 Å². The number of carbonyl (C=O) groups excluding carboxylic acids is 1. The topological polar surface area (TPSA) is 94.7 Å². The highest BCUT2D eigenvalue weighted by Crippen LogP contribution is 2.43. The van der Waals surface area contributed by atoms with Crippen molar-refractivity contribution in [1.82, 2.24) is 25.1 Å². The van der Waals surface area contributed by atoms with Gasteiger partial charge in [0, 0.05) is 12.0 Å². The molecule has 5 aromatic carbocycles. The molecule has 1 spiro atoms. The van der Waals surface area contributed by atoms with Gasteiger partial charge in [-0.3, -0.25) is 14.7 Å². The molecular weight excluding hydrogens is 743 g/mol. The summed E-state index contributed by atoms with van der Waals surface area (Å²) >= 11 is 0. The third-order valence-electron chi connectivity index (χ3n) is 13.2. The van der Waals surface area contributed by atoms with Crippen molar-refractivity contribution in [3.8, 4) is 22.5 Å². The number of tetrazole rings is 1. The molecule has 1 saturated heterocycles. The minimum atomic E-state index is -0.914. The molecule has 0 unspecified atom stereocenters. The zero-order valence-corrected chi connectivity index (χ0v) is 35.3. The quantitative estimate of drug-likeness (QED) is 0.0906. The van der Waals surface area contributed by atoms with Crippen LogP contribution in [0.3, 0.4) is 0 Å². The number of benzene rings is 5. The molecule has 0 atom stereocenters. The van der Waals surface area contributed by atoms with Crippen LogP contribution in [0.1, 0.15) is 102 Å². The molecule has 1 aliphatic carbocycles. The van der Waals surface area contributed by atoms with E-state index in [1.807, 2.05) is 29.2 Å². The molecule has 2 fully saturated rings. The first kappa shape index (κ1) is 39.7. The number of amidine groups is 1. The first-order valence-electron chi connectivity index (χ1n) is 21.5.